The van der Waals surface area contributed by atoms with Gasteiger partial charge < -0.3 is 9.42 Å². The minimum Gasteiger partial charge on any atom is -0.361 e. The predicted octanol–water partition coefficient (Wildman–Crippen LogP) is 3.13. The third-order valence-electron chi connectivity index (χ3n) is 5.44. The van der Waals surface area contributed by atoms with Gasteiger partial charge in [0.15, 0.2) is 0 Å². The fourth-order valence-corrected chi connectivity index (χ4v) is 3.95. The molecule has 2 aromatic heterocycles. The number of carbonyl (C=O) groups excluding carboxylic acids is 1. The molecule has 3 heterocycles. The molecule has 6 nitrogen and oxygen atoms in total. The first-order valence-corrected chi connectivity index (χ1v) is 9.29. The molecule has 0 spiro atoms. The largest absolute Gasteiger partial charge is 0.361 e. The van der Waals surface area contributed by atoms with Gasteiger partial charge >= 0.3 is 0 Å². The molecule has 0 fully saturated rings. The Hall–Kier alpha value is -2.89. The zero-order valence-corrected chi connectivity index (χ0v) is 16.0. The van der Waals surface area contributed by atoms with E-state index in [9.17, 15) is 4.79 Å². The Kier molecular flexibility index (Phi) is 4.56. The van der Waals surface area contributed by atoms with Crippen molar-refractivity contribution in [3.05, 3.63) is 70.4 Å². The molecular formula is C21H24N4O2. The molecule has 4 rings (SSSR count). The van der Waals surface area contributed by atoms with E-state index in [0.717, 1.165) is 22.6 Å². The quantitative estimate of drug-likeness (QED) is 0.713. The van der Waals surface area contributed by atoms with Crippen LogP contribution in [-0.4, -0.2) is 32.3 Å². The monoisotopic (exact) mass is 364 g/mol. The standard InChI is InChI=1S/C21H24N4O2/c1-14-18(15(2)27-23-14)8-9-21(26)25-12-16-6-4-5-7-19(16)20(13-25)17-10-22-24(3)11-17/h4-7,10-11,20H,8-9,12-13H2,1-3H3/t20-/m1/s1. The molecule has 0 unspecified atom stereocenters. The SMILES string of the molecule is Cc1noc(C)c1CCC(=O)N1Cc2ccccc2[C@@H](c2cnn(C)c2)C1. The van der Waals surface area contributed by atoms with Crippen LogP contribution >= 0.6 is 0 Å². The first-order chi connectivity index (χ1) is 13.0. The van der Waals surface area contributed by atoms with Gasteiger partial charge in [0.05, 0.1) is 11.9 Å². The molecule has 1 amide bonds. The van der Waals surface area contributed by atoms with Crippen LogP contribution < -0.4 is 0 Å². The lowest BCUT2D eigenvalue weighted by Crippen LogP contribution is -2.38. The predicted molar refractivity (Wildman–Crippen MR) is 101 cm³/mol. The van der Waals surface area contributed by atoms with E-state index in [1.54, 1.807) is 0 Å². The number of hydrogen-bond donors (Lipinski definition) is 0. The van der Waals surface area contributed by atoms with Crippen molar-refractivity contribution in [2.24, 2.45) is 7.05 Å². The first kappa shape index (κ1) is 17.5. The van der Waals surface area contributed by atoms with E-state index in [-0.39, 0.29) is 11.8 Å². The highest BCUT2D eigenvalue weighted by atomic mass is 16.5. The molecule has 1 atom stereocenters. The zero-order chi connectivity index (χ0) is 19.0. The number of aromatic nitrogens is 3. The molecule has 0 radical (unpaired) electrons. The van der Waals surface area contributed by atoms with E-state index in [0.29, 0.717) is 25.9 Å². The Morgan fingerprint density at radius 1 is 1.30 bits per heavy atom. The molecule has 6 heteroatoms. The van der Waals surface area contributed by atoms with Gasteiger partial charge in [0.2, 0.25) is 5.91 Å². The summed E-state index contributed by atoms with van der Waals surface area (Å²) >= 11 is 0. The van der Waals surface area contributed by atoms with E-state index in [2.05, 4.69) is 28.5 Å². The van der Waals surface area contributed by atoms with Gasteiger partial charge in [0.1, 0.15) is 5.76 Å². The number of hydrogen-bond acceptors (Lipinski definition) is 4. The molecule has 0 saturated carbocycles. The lowest BCUT2D eigenvalue weighted by atomic mass is 9.86. The van der Waals surface area contributed by atoms with Crippen LogP contribution in [0.3, 0.4) is 0 Å². The van der Waals surface area contributed by atoms with Gasteiger partial charge in [-0.25, -0.2) is 0 Å². The molecule has 27 heavy (non-hydrogen) atoms. The average Bonchev–Trinajstić information content (AvgIpc) is 3.24. The van der Waals surface area contributed by atoms with Gasteiger partial charge in [-0.1, -0.05) is 29.4 Å². The number of amides is 1. The van der Waals surface area contributed by atoms with Crippen molar-refractivity contribution in [2.75, 3.05) is 6.54 Å². The van der Waals surface area contributed by atoms with Crippen LogP contribution in [0.15, 0.2) is 41.2 Å². The van der Waals surface area contributed by atoms with Crippen molar-refractivity contribution in [3.8, 4) is 0 Å². The number of carbonyl (C=O) groups is 1. The Morgan fingerprint density at radius 2 is 2.11 bits per heavy atom. The van der Waals surface area contributed by atoms with Crippen molar-refractivity contribution < 1.29 is 9.32 Å². The summed E-state index contributed by atoms with van der Waals surface area (Å²) in [6, 6.07) is 8.39. The lowest BCUT2D eigenvalue weighted by Gasteiger charge is -2.34. The van der Waals surface area contributed by atoms with Crippen LogP contribution in [0.25, 0.3) is 0 Å². The summed E-state index contributed by atoms with van der Waals surface area (Å²) < 4.78 is 7.03. The van der Waals surface area contributed by atoms with Crippen molar-refractivity contribution in [1.29, 1.82) is 0 Å². The van der Waals surface area contributed by atoms with E-state index in [4.69, 9.17) is 4.52 Å². The van der Waals surface area contributed by atoms with Crippen LogP contribution in [0.2, 0.25) is 0 Å². The molecular weight excluding hydrogens is 340 g/mol. The maximum atomic E-state index is 13.0. The summed E-state index contributed by atoms with van der Waals surface area (Å²) in [5.74, 6) is 1.13. The van der Waals surface area contributed by atoms with Gasteiger partial charge in [0.25, 0.3) is 0 Å². The molecule has 1 aliphatic rings. The number of benzene rings is 1. The highest BCUT2D eigenvalue weighted by Gasteiger charge is 2.29. The third kappa shape index (κ3) is 3.39. The average molecular weight is 364 g/mol. The van der Waals surface area contributed by atoms with Crippen LogP contribution in [0, 0.1) is 13.8 Å². The molecule has 0 bridgehead atoms. The summed E-state index contributed by atoms with van der Waals surface area (Å²) in [6.07, 6.45) is 5.07. The number of nitrogens with zero attached hydrogens (tertiary/aromatic N) is 4. The first-order valence-electron chi connectivity index (χ1n) is 9.29. The van der Waals surface area contributed by atoms with Crippen molar-refractivity contribution in [3.63, 3.8) is 0 Å². The Bertz CT molecular complexity index is 953. The lowest BCUT2D eigenvalue weighted by molar-refractivity contribution is -0.132. The minimum atomic E-state index is 0.159. The van der Waals surface area contributed by atoms with Crippen molar-refractivity contribution in [2.45, 2.75) is 39.2 Å². The normalized spacial score (nSPS) is 16.4. The second-order valence-corrected chi connectivity index (χ2v) is 7.28. The number of fused-ring (bicyclic) bond motifs is 1. The van der Waals surface area contributed by atoms with Gasteiger partial charge in [0, 0.05) is 44.2 Å². The summed E-state index contributed by atoms with van der Waals surface area (Å²) in [6.45, 7) is 5.16. The van der Waals surface area contributed by atoms with Crippen molar-refractivity contribution >= 4 is 5.91 Å². The Balaban J connectivity index is 1.54. The minimum absolute atomic E-state index is 0.159. The molecule has 3 aromatic rings. The van der Waals surface area contributed by atoms with Crippen LogP contribution in [0.4, 0.5) is 0 Å². The summed E-state index contributed by atoms with van der Waals surface area (Å²) in [4.78, 5) is 14.9. The summed E-state index contributed by atoms with van der Waals surface area (Å²) in [5, 5.41) is 8.30. The van der Waals surface area contributed by atoms with E-state index in [1.807, 2.05) is 48.9 Å². The topological polar surface area (TPSA) is 64.2 Å². The summed E-state index contributed by atoms with van der Waals surface area (Å²) in [5.41, 5.74) is 5.57. The van der Waals surface area contributed by atoms with Crippen LogP contribution in [-0.2, 0) is 24.8 Å². The second-order valence-electron chi connectivity index (χ2n) is 7.28. The zero-order valence-electron chi connectivity index (χ0n) is 16.0. The molecule has 140 valence electrons. The van der Waals surface area contributed by atoms with Gasteiger partial charge in [-0.15, -0.1) is 0 Å². The molecule has 1 aromatic carbocycles. The van der Waals surface area contributed by atoms with Crippen LogP contribution in [0.1, 0.15) is 46.0 Å². The summed E-state index contributed by atoms with van der Waals surface area (Å²) in [7, 11) is 1.92. The Labute approximate surface area is 158 Å². The van der Waals surface area contributed by atoms with Gasteiger partial charge in [-0.2, -0.15) is 5.10 Å². The fourth-order valence-electron chi connectivity index (χ4n) is 3.95. The van der Waals surface area contributed by atoms with Gasteiger partial charge in [-0.05, 0) is 37.0 Å². The molecule has 0 aliphatic carbocycles. The van der Waals surface area contributed by atoms with E-state index >= 15 is 0 Å². The molecule has 0 N–H and O–H groups in total. The van der Waals surface area contributed by atoms with Crippen LogP contribution in [0.5, 0.6) is 0 Å². The van der Waals surface area contributed by atoms with Gasteiger partial charge in [-0.3, -0.25) is 9.48 Å². The maximum Gasteiger partial charge on any atom is 0.223 e. The number of rotatable bonds is 4. The number of aryl methyl sites for hydroxylation is 3. The Morgan fingerprint density at radius 3 is 2.81 bits per heavy atom. The maximum absolute atomic E-state index is 13.0. The molecule has 0 saturated heterocycles. The van der Waals surface area contributed by atoms with E-state index < -0.39 is 0 Å². The smallest absolute Gasteiger partial charge is 0.223 e. The van der Waals surface area contributed by atoms with E-state index in [1.165, 1.54) is 11.1 Å². The highest BCUT2D eigenvalue weighted by molar-refractivity contribution is 5.77. The van der Waals surface area contributed by atoms with Crippen molar-refractivity contribution in [1.82, 2.24) is 19.8 Å². The highest BCUT2D eigenvalue weighted by Crippen LogP contribution is 2.33. The fraction of sp³-hybridized carbons (Fsp3) is 0.381. The third-order valence-corrected chi connectivity index (χ3v) is 5.44. The second kappa shape index (κ2) is 7.02. The molecule has 1 aliphatic heterocycles.